The van der Waals surface area contributed by atoms with Crippen molar-refractivity contribution in [1.29, 1.82) is 0 Å². The zero-order valence-corrected chi connectivity index (χ0v) is 13.5. The number of hydrogen-bond acceptors (Lipinski definition) is 3. The maximum Gasteiger partial charge on any atom is 0.264 e. The van der Waals surface area contributed by atoms with Crippen molar-refractivity contribution < 1.29 is 4.79 Å². The Balaban J connectivity index is 2.22. The highest BCUT2D eigenvalue weighted by Gasteiger charge is 2.33. The monoisotopic (exact) mass is 300 g/mol. The lowest BCUT2D eigenvalue weighted by Crippen LogP contribution is -2.49. The second-order valence-electron chi connectivity index (χ2n) is 6.43. The molecule has 1 aliphatic rings. The van der Waals surface area contributed by atoms with Crippen molar-refractivity contribution in [2.24, 2.45) is 0 Å². The summed E-state index contributed by atoms with van der Waals surface area (Å²) in [6.45, 7) is 11.7. The van der Waals surface area contributed by atoms with Gasteiger partial charge in [0.2, 0.25) is 0 Å². The van der Waals surface area contributed by atoms with Gasteiger partial charge in [-0.2, -0.15) is 0 Å². The van der Waals surface area contributed by atoms with Gasteiger partial charge in [0.1, 0.15) is 4.88 Å². The third-order valence-electron chi connectivity index (χ3n) is 3.59. The largest absolute Gasteiger partial charge is 0.363 e. The molecule has 3 rings (SSSR count). The molecular formula is C17H20N2OS. The van der Waals surface area contributed by atoms with Crippen molar-refractivity contribution in [3.8, 4) is 0 Å². The number of nitrogens with zero attached hydrogens (tertiary/aromatic N) is 1. The fourth-order valence-corrected chi connectivity index (χ4v) is 4.04. The lowest BCUT2D eigenvalue weighted by molar-refractivity contribution is 0.0925. The number of benzene rings is 1. The number of thiophene rings is 1. The molecule has 0 radical (unpaired) electrons. The molecule has 21 heavy (non-hydrogen) atoms. The number of carbonyl (C=O) groups is 1. The lowest BCUT2D eigenvalue weighted by atomic mass is 10.0. The first kappa shape index (κ1) is 14.1. The Morgan fingerprint density at radius 3 is 2.86 bits per heavy atom. The number of rotatable bonds is 2. The molecule has 0 atom stereocenters. The molecule has 0 bridgehead atoms. The van der Waals surface area contributed by atoms with E-state index in [-0.39, 0.29) is 11.4 Å². The SMILES string of the molecule is C=C(C)CN1CC(C)(C)NC(=O)c2sc3ccccc3c21. The van der Waals surface area contributed by atoms with Crippen LogP contribution in [0.2, 0.25) is 0 Å². The van der Waals surface area contributed by atoms with Crippen LogP contribution < -0.4 is 10.2 Å². The van der Waals surface area contributed by atoms with Gasteiger partial charge in [0, 0.05) is 23.2 Å². The van der Waals surface area contributed by atoms with Gasteiger partial charge in [-0.3, -0.25) is 4.79 Å². The molecule has 3 nitrogen and oxygen atoms in total. The molecule has 4 heteroatoms. The summed E-state index contributed by atoms with van der Waals surface area (Å²) in [7, 11) is 0. The zero-order chi connectivity index (χ0) is 15.2. The van der Waals surface area contributed by atoms with Gasteiger partial charge >= 0.3 is 0 Å². The van der Waals surface area contributed by atoms with E-state index >= 15 is 0 Å². The molecule has 0 spiro atoms. The molecule has 0 unspecified atom stereocenters. The Morgan fingerprint density at radius 1 is 1.43 bits per heavy atom. The van der Waals surface area contributed by atoms with E-state index in [1.165, 1.54) is 0 Å². The van der Waals surface area contributed by atoms with Crippen LogP contribution in [0.5, 0.6) is 0 Å². The minimum absolute atomic E-state index is 0.0282. The second kappa shape index (κ2) is 4.88. The molecule has 1 N–H and O–H groups in total. The van der Waals surface area contributed by atoms with E-state index in [0.717, 1.165) is 39.3 Å². The van der Waals surface area contributed by atoms with Gasteiger partial charge in [-0.1, -0.05) is 30.4 Å². The summed E-state index contributed by atoms with van der Waals surface area (Å²) in [6, 6.07) is 8.22. The highest BCUT2D eigenvalue weighted by Crippen LogP contribution is 2.40. The molecule has 1 amide bonds. The van der Waals surface area contributed by atoms with Crippen LogP contribution in [0, 0.1) is 0 Å². The summed E-state index contributed by atoms with van der Waals surface area (Å²) in [5.74, 6) is 0.0282. The van der Waals surface area contributed by atoms with Crippen molar-refractivity contribution in [2.45, 2.75) is 26.3 Å². The van der Waals surface area contributed by atoms with Gasteiger partial charge in [-0.25, -0.2) is 0 Å². The van der Waals surface area contributed by atoms with E-state index < -0.39 is 0 Å². The van der Waals surface area contributed by atoms with Gasteiger partial charge in [0.05, 0.1) is 11.2 Å². The molecule has 2 heterocycles. The van der Waals surface area contributed by atoms with Gasteiger partial charge in [-0.05, 0) is 26.8 Å². The fourth-order valence-electron chi connectivity index (χ4n) is 2.92. The summed E-state index contributed by atoms with van der Waals surface area (Å²) in [5, 5.41) is 4.30. The molecule has 1 aromatic carbocycles. The van der Waals surface area contributed by atoms with E-state index in [2.05, 4.69) is 42.8 Å². The standard InChI is InChI=1S/C17H20N2OS/c1-11(2)9-19-10-17(3,4)18-16(20)15-14(19)12-7-5-6-8-13(12)21-15/h5-8H,1,9-10H2,2-4H3,(H,18,20). The van der Waals surface area contributed by atoms with Crippen LogP contribution in [0.4, 0.5) is 5.69 Å². The van der Waals surface area contributed by atoms with E-state index in [1.807, 2.05) is 19.1 Å². The Hall–Kier alpha value is -1.81. The summed E-state index contributed by atoms with van der Waals surface area (Å²) in [5.41, 5.74) is 1.90. The Labute approximate surface area is 129 Å². The van der Waals surface area contributed by atoms with E-state index in [1.54, 1.807) is 11.3 Å². The second-order valence-corrected chi connectivity index (χ2v) is 7.48. The Kier molecular flexibility index (Phi) is 3.29. The lowest BCUT2D eigenvalue weighted by Gasteiger charge is -2.31. The molecule has 0 fully saturated rings. The molecule has 2 aromatic rings. The zero-order valence-electron chi connectivity index (χ0n) is 12.7. The summed E-state index contributed by atoms with van der Waals surface area (Å²) < 4.78 is 1.16. The number of anilines is 1. The molecular weight excluding hydrogens is 280 g/mol. The van der Waals surface area contributed by atoms with Gasteiger partial charge in [0.15, 0.2) is 0 Å². The topological polar surface area (TPSA) is 32.3 Å². The molecule has 0 saturated heterocycles. The molecule has 0 saturated carbocycles. The smallest absolute Gasteiger partial charge is 0.264 e. The van der Waals surface area contributed by atoms with E-state index in [9.17, 15) is 4.79 Å². The predicted octanol–water partition coefficient (Wildman–Crippen LogP) is 3.81. The summed E-state index contributed by atoms with van der Waals surface area (Å²) in [4.78, 5) is 15.7. The normalized spacial score (nSPS) is 17.3. The number of amides is 1. The maximum atomic E-state index is 12.6. The van der Waals surface area contributed by atoms with Crippen molar-refractivity contribution in [1.82, 2.24) is 5.32 Å². The van der Waals surface area contributed by atoms with Crippen molar-refractivity contribution in [2.75, 3.05) is 18.0 Å². The highest BCUT2D eigenvalue weighted by atomic mass is 32.1. The van der Waals surface area contributed by atoms with Crippen LogP contribution in [0.15, 0.2) is 36.4 Å². The molecule has 1 aromatic heterocycles. The van der Waals surface area contributed by atoms with Crippen molar-refractivity contribution >= 4 is 33.0 Å². The third-order valence-corrected chi connectivity index (χ3v) is 4.75. The quantitative estimate of drug-likeness (QED) is 0.855. The van der Waals surface area contributed by atoms with Crippen LogP contribution in [0.25, 0.3) is 10.1 Å². The van der Waals surface area contributed by atoms with Gasteiger partial charge in [0.25, 0.3) is 5.91 Å². The summed E-state index contributed by atoms with van der Waals surface area (Å²) >= 11 is 1.57. The fraction of sp³-hybridized carbons (Fsp3) is 0.353. The van der Waals surface area contributed by atoms with Crippen LogP contribution in [-0.4, -0.2) is 24.5 Å². The Morgan fingerprint density at radius 2 is 2.14 bits per heavy atom. The first-order valence-electron chi connectivity index (χ1n) is 7.11. The van der Waals surface area contributed by atoms with Crippen LogP contribution in [-0.2, 0) is 0 Å². The minimum Gasteiger partial charge on any atom is -0.363 e. The molecule has 1 aliphatic heterocycles. The molecule has 110 valence electrons. The van der Waals surface area contributed by atoms with Crippen LogP contribution in [0.1, 0.15) is 30.4 Å². The average Bonchev–Trinajstić information content (AvgIpc) is 2.71. The van der Waals surface area contributed by atoms with E-state index in [4.69, 9.17) is 0 Å². The number of nitrogens with one attached hydrogen (secondary N) is 1. The first-order valence-corrected chi connectivity index (χ1v) is 7.92. The van der Waals surface area contributed by atoms with Crippen LogP contribution >= 0.6 is 11.3 Å². The number of carbonyl (C=O) groups excluding carboxylic acids is 1. The third kappa shape index (κ3) is 2.56. The minimum atomic E-state index is -0.258. The molecule has 0 aliphatic carbocycles. The van der Waals surface area contributed by atoms with Gasteiger partial charge in [-0.15, -0.1) is 11.3 Å². The Bertz CT molecular complexity index is 729. The first-order chi connectivity index (χ1) is 9.87. The maximum absolute atomic E-state index is 12.6. The van der Waals surface area contributed by atoms with Crippen molar-refractivity contribution in [3.63, 3.8) is 0 Å². The predicted molar refractivity (Wildman–Crippen MR) is 90.4 cm³/mol. The average molecular weight is 300 g/mol. The van der Waals surface area contributed by atoms with Crippen molar-refractivity contribution in [3.05, 3.63) is 41.3 Å². The summed E-state index contributed by atoms with van der Waals surface area (Å²) in [6.07, 6.45) is 0. The van der Waals surface area contributed by atoms with Gasteiger partial charge < -0.3 is 10.2 Å². The highest BCUT2D eigenvalue weighted by molar-refractivity contribution is 7.21. The number of fused-ring (bicyclic) bond motifs is 3. The number of hydrogen-bond donors (Lipinski definition) is 1. The van der Waals surface area contributed by atoms with Crippen LogP contribution in [0.3, 0.4) is 0 Å². The van der Waals surface area contributed by atoms with E-state index in [0.29, 0.717) is 0 Å².